The summed E-state index contributed by atoms with van der Waals surface area (Å²) in [7, 11) is 0. The molecule has 0 radical (unpaired) electrons. The lowest BCUT2D eigenvalue weighted by atomic mass is 9.94. The summed E-state index contributed by atoms with van der Waals surface area (Å²) in [6.45, 7) is 7.03. The van der Waals surface area contributed by atoms with Gasteiger partial charge >= 0.3 is 0 Å². The zero-order valence-corrected chi connectivity index (χ0v) is 20.4. The Kier molecular flexibility index (Phi) is 7.00. The largest absolute Gasteiger partial charge is 0.350 e. The van der Waals surface area contributed by atoms with E-state index in [2.05, 4.69) is 15.6 Å². The molecular weight excluding hydrogens is 442 g/mol. The van der Waals surface area contributed by atoms with Gasteiger partial charge in [0.25, 0.3) is 11.8 Å². The summed E-state index contributed by atoms with van der Waals surface area (Å²) in [6.07, 6.45) is 2.15. The second-order valence-electron chi connectivity index (χ2n) is 9.14. The number of benzene rings is 2. The van der Waals surface area contributed by atoms with Crippen LogP contribution in [0.3, 0.4) is 0 Å². The van der Waals surface area contributed by atoms with E-state index in [-0.39, 0.29) is 29.7 Å². The number of carbonyl (C=O) groups is 3. The van der Waals surface area contributed by atoms with E-state index in [0.717, 1.165) is 16.7 Å². The number of hydrogen-bond acceptors (Lipinski definition) is 4. The number of fused-ring (bicyclic) bond motifs is 1. The predicted molar refractivity (Wildman–Crippen MR) is 133 cm³/mol. The summed E-state index contributed by atoms with van der Waals surface area (Å²) < 4.78 is 1.62. The van der Waals surface area contributed by atoms with Crippen LogP contribution in [0.4, 0.5) is 0 Å². The average Bonchev–Trinajstić information content (AvgIpc) is 3.29. The maximum absolute atomic E-state index is 13.6. The van der Waals surface area contributed by atoms with Gasteiger partial charge in [-0.05, 0) is 31.4 Å². The highest BCUT2D eigenvalue weighted by Gasteiger charge is 2.48. The molecule has 2 aromatic carbocycles. The molecule has 8 heteroatoms. The lowest BCUT2D eigenvalue weighted by Crippen LogP contribution is -2.64. The number of hydrogen-bond donors (Lipinski definition) is 2. The van der Waals surface area contributed by atoms with Gasteiger partial charge in [-0.1, -0.05) is 67.1 Å². The molecular formula is C27H31N5O3. The number of rotatable bonds is 8. The third-order valence-electron chi connectivity index (χ3n) is 6.38. The Balaban J connectivity index is 1.54. The van der Waals surface area contributed by atoms with E-state index in [9.17, 15) is 14.4 Å². The van der Waals surface area contributed by atoms with Crippen molar-refractivity contribution in [2.24, 2.45) is 0 Å². The number of aryl methyl sites for hydroxylation is 1. The van der Waals surface area contributed by atoms with Crippen LogP contribution in [0.15, 0.2) is 60.9 Å². The molecule has 1 aliphatic rings. The Labute approximate surface area is 205 Å². The third-order valence-corrected chi connectivity index (χ3v) is 6.38. The van der Waals surface area contributed by atoms with Crippen LogP contribution in [0.25, 0.3) is 0 Å². The minimum Gasteiger partial charge on any atom is -0.350 e. The van der Waals surface area contributed by atoms with Crippen LogP contribution < -0.4 is 10.6 Å². The highest BCUT2D eigenvalue weighted by atomic mass is 16.2. The normalized spacial score (nSPS) is 17.1. The van der Waals surface area contributed by atoms with Crippen molar-refractivity contribution in [1.29, 1.82) is 0 Å². The maximum Gasteiger partial charge on any atom is 0.273 e. The fourth-order valence-electron chi connectivity index (χ4n) is 4.37. The lowest BCUT2D eigenvalue weighted by Gasteiger charge is -2.43. The third kappa shape index (κ3) is 4.96. The fourth-order valence-corrected chi connectivity index (χ4v) is 4.37. The first kappa shape index (κ1) is 24.2. The first-order chi connectivity index (χ1) is 16.8. The fraction of sp³-hybridized carbons (Fsp3) is 0.333. The van der Waals surface area contributed by atoms with Crippen molar-refractivity contribution >= 4 is 17.7 Å². The van der Waals surface area contributed by atoms with Gasteiger partial charge in [-0.15, -0.1) is 0 Å². The second kappa shape index (κ2) is 10.1. The van der Waals surface area contributed by atoms with E-state index >= 15 is 0 Å². The molecule has 2 heterocycles. The number of nitrogens with zero attached hydrogens (tertiary/aromatic N) is 3. The van der Waals surface area contributed by atoms with Gasteiger partial charge in [-0.2, -0.15) is 0 Å². The molecule has 8 nitrogen and oxygen atoms in total. The van der Waals surface area contributed by atoms with Crippen molar-refractivity contribution in [3.8, 4) is 0 Å². The van der Waals surface area contributed by atoms with E-state index < -0.39 is 11.4 Å². The monoisotopic (exact) mass is 473 g/mol. The summed E-state index contributed by atoms with van der Waals surface area (Å²) in [4.78, 5) is 45.7. The van der Waals surface area contributed by atoms with E-state index in [1.807, 2.05) is 68.4 Å². The molecule has 1 aliphatic heterocycles. The lowest BCUT2D eigenvalue weighted by molar-refractivity contribution is -0.133. The van der Waals surface area contributed by atoms with E-state index in [4.69, 9.17) is 0 Å². The Bertz CT molecular complexity index is 1220. The average molecular weight is 474 g/mol. The highest BCUT2D eigenvalue weighted by molar-refractivity contribution is 6.07. The molecule has 3 amide bonds. The number of imidazole rings is 1. The Morgan fingerprint density at radius 3 is 2.34 bits per heavy atom. The van der Waals surface area contributed by atoms with Crippen LogP contribution in [0.5, 0.6) is 0 Å². The SMILES string of the molecule is CCCN1C(=O)c2c(C(=O)NCc3ccc(C)cc3)ncn2CC1(C)C(=O)NCc1ccccc1. The van der Waals surface area contributed by atoms with Gasteiger partial charge in [0.15, 0.2) is 5.69 Å². The van der Waals surface area contributed by atoms with Gasteiger partial charge in [-0.3, -0.25) is 14.4 Å². The van der Waals surface area contributed by atoms with Crippen molar-refractivity contribution in [2.45, 2.75) is 52.4 Å². The molecule has 0 aliphatic carbocycles. The smallest absolute Gasteiger partial charge is 0.273 e. The van der Waals surface area contributed by atoms with Gasteiger partial charge in [0.1, 0.15) is 11.2 Å². The number of aromatic nitrogens is 2. The van der Waals surface area contributed by atoms with Crippen LogP contribution in [0.2, 0.25) is 0 Å². The zero-order chi connectivity index (χ0) is 25.0. The van der Waals surface area contributed by atoms with E-state index in [1.54, 1.807) is 16.4 Å². The molecule has 0 fully saturated rings. The summed E-state index contributed by atoms with van der Waals surface area (Å²) >= 11 is 0. The molecule has 0 bridgehead atoms. The topological polar surface area (TPSA) is 96.3 Å². The summed E-state index contributed by atoms with van der Waals surface area (Å²) in [5.41, 5.74) is 2.26. The number of carbonyl (C=O) groups excluding carboxylic acids is 3. The minimum atomic E-state index is -1.11. The Morgan fingerprint density at radius 2 is 1.66 bits per heavy atom. The van der Waals surface area contributed by atoms with Crippen molar-refractivity contribution in [1.82, 2.24) is 25.1 Å². The summed E-state index contributed by atoms with van der Waals surface area (Å²) in [5.74, 6) is -1.03. The highest BCUT2D eigenvalue weighted by Crippen LogP contribution is 2.29. The molecule has 1 unspecified atom stereocenters. The Morgan fingerprint density at radius 1 is 1.00 bits per heavy atom. The molecule has 4 rings (SSSR count). The van der Waals surface area contributed by atoms with Crippen LogP contribution in [-0.2, 0) is 24.4 Å². The van der Waals surface area contributed by atoms with Gasteiger partial charge < -0.3 is 20.1 Å². The zero-order valence-electron chi connectivity index (χ0n) is 20.4. The molecule has 1 atom stereocenters. The van der Waals surface area contributed by atoms with Crippen LogP contribution in [0.1, 0.15) is 57.9 Å². The van der Waals surface area contributed by atoms with Crippen molar-refractivity contribution < 1.29 is 14.4 Å². The molecule has 182 valence electrons. The van der Waals surface area contributed by atoms with Gasteiger partial charge in [-0.25, -0.2) is 4.98 Å². The van der Waals surface area contributed by atoms with Crippen LogP contribution in [-0.4, -0.2) is 44.3 Å². The van der Waals surface area contributed by atoms with Gasteiger partial charge in [0, 0.05) is 19.6 Å². The molecule has 2 N–H and O–H groups in total. The number of nitrogens with one attached hydrogen (secondary N) is 2. The molecule has 35 heavy (non-hydrogen) atoms. The van der Waals surface area contributed by atoms with E-state index in [0.29, 0.717) is 26.1 Å². The first-order valence-electron chi connectivity index (χ1n) is 11.9. The second-order valence-corrected chi connectivity index (χ2v) is 9.14. The quantitative estimate of drug-likeness (QED) is 0.526. The van der Waals surface area contributed by atoms with Gasteiger partial charge in [0.05, 0.1) is 12.9 Å². The maximum atomic E-state index is 13.6. The molecule has 0 saturated carbocycles. The summed E-state index contributed by atoms with van der Waals surface area (Å²) in [6, 6.07) is 17.5. The van der Waals surface area contributed by atoms with Gasteiger partial charge in [0.2, 0.25) is 5.91 Å². The van der Waals surface area contributed by atoms with E-state index in [1.165, 1.54) is 6.33 Å². The van der Waals surface area contributed by atoms with Crippen molar-refractivity contribution in [2.75, 3.05) is 6.54 Å². The van der Waals surface area contributed by atoms with Crippen LogP contribution >= 0.6 is 0 Å². The Hall–Kier alpha value is -3.94. The summed E-state index contributed by atoms with van der Waals surface area (Å²) in [5, 5.41) is 5.83. The molecule has 0 spiro atoms. The molecule has 3 aromatic rings. The molecule has 1 aromatic heterocycles. The minimum absolute atomic E-state index is 0.0787. The predicted octanol–water partition coefficient (Wildman–Crippen LogP) is 3.06. The van der Waals surface area contributed by atoms with Crippen molar-refractivity contribution in [3.63, 3.8) is 0 Å². The molecule has 0 saturated heterocycles. The first-order valence-corrected chi connectivity index (χ1v) is 11.9. The number of amides is 3. The van der Waals surface area contributed by atoms with Crippen LogP contribution in [0, 0.1) is 6.92 Å². The van der Waals surface area contributed by atoms with Crippen molar-refractivity contribution in [3.05, 3.63) is 89.0 Å². The standard InChI is InChI=1S/C27H31N5O3/c1-4-14-32-25(34)23-22(24(33)28-15-21-12-10-19(2)11-13-21)30-18-31(23)17-27(32,3)26(35)29-16-20-8-6-5-7-9-20/h5-13,18H,4,14-17H2,1-3H3,(H,28,33)(H,29,35).